The summed E-state index contributed by atoms with van der Waals surface area (Å²) < 4.78 is 10.5. The second-order valence-corrected chi connectivity index (χ2v) is 10.4. The molecular weight excluding hydrogens is 560 g/mol. The van der Waals surface area contributed by atoms with Crippen LogP contribution in [-0.4, -0.2) is 80.0 Å². The molecule has 0 aliphatic rings. The molecule has 2 atom stereocenters. The summed E-state index contributed by atoms with van der Waals surface area (Å²) >= 11 is 0. The van der Waals surface area contributed by atoms with E-state index in [1.165, 1.54) is 0 Å². The molecule has 0 aliphatic carbocycles. The number of nitrogens with two attached hydrogens (primary N) is 1. The number of ketones is 3. The third-order valence-corrected chi connectivity index (χ3v) is 6.52. The zero-order valence-electron chi connectivity index (χ0n) is 25.0. The van der Waals surface area contributed by atoms with E-state index in [1.54, 1.807) is 38.1 Å². The van der Waals surface area contributed by atoms with Crippen molar-refractivity contribution < 1.29 is 38.6 Å². The number of aliphatic hydroxyl groups excluding tert-OH is 1. The normalized spacial score (nSPS) is 12.2. The predicted molar refractivity (Wildman–Crippen MR) is 158 cm³/mol. The number of Topliss-reactive ketones (excluding diaryl/α,β-unsaturated/α-hetero) is 3. The van der Waals surface area contributed by atoms with E-state index in [4.69, 9.17) is 20.7 Å². The van der Waals surface area contributed by atoms with Crippen molar-refractivity contribution >= 4 is 29.3 Å². The number of aliphatic hydroxyl groups is 1. The van der Waals surface area contributed by atoms with Gasteiger partial charge in [0.1, 0.15) is 13.2 Å². The van der Waals surface area contributed by atoms with E-state index in [0.29, 0.717) is 25.0 Å². The predicted octanol–water partition coefficient (Wildman–Crippen LogP) is 2.15. The van der Waals surface area contributed by atoms with Gasteiger partial charge in [0.05, 0.1) is 19.3 Å². The number of ether oxygens (including phenoxy) is 2. The number of benzene rings is 1. The van der Waals surface area contributed by atoms with Crippen LogP contribution in [0.4, 0.5) is 4.79 Å². The van der Waals surface area contributed by atoms with Crippen LogP contribution in [0.2, 0.25) is 0 Å². The van der Waals surface area contributed by atoms with E-state index in [2.05, 4.69) is 20.7 Å². The molecular formula is C29H44N6O8. The minimum Gasteiger partial charge on any atom is -0.392 e. The van der Waals surface area contributed by atoms with E-state index in [-0.39, 0.29) is 88.5 Å². The number of rotatable bonds is 24. The lowest BCUT2D eigenvalue weighted by Crippen LogP contribution is -2.46. The Morgan fingerprint density at radius 2 is 1.67 bits per heavy atom. The van der Waals surface area contributed by atoms with Crippen molar-refractivity contribution in [2.75, 3.05) is 39.5 Å². The Labute approximate surface area is 251 Å². The Bertz CT molecular complexity index is 1090. The van der Waals surface area contributed by atoms with Gasteiger partial charge in [-0.05, 0) is 41.8 Å². The van der Waals surface area contributed by atoms with Crippen LogP contribution >= 0.6 is 0 Å². The number of azide groups is 1. The molecule has 1 aromatic carbocycles. The summed E-state index contributed by atoms with van der Waals surface area (Å²) in [6, 6.07) is 5.36. The third kappa shape index (κ3) is 17.0. The Morgan fingerprint density at radius 3 is 2.30 bits per heavy atom. The average molecular weight is 605 g/mol. The van der Waals surface area contributed by atoms with E-state index in [1.807, 2.05) is 0 Å². The third-order valence-electron chi connectivity index (χ3n) is 6.52. The van der Waals surface area contributed by atoms with Crippen molar-refractivity contribution in [3.63, 3.8) is 0 Å². The fraction of sp³-hybridized carbons (Fsp3) is 0.621. The maximum absolute atomic E-state index is 13.3. The first-order chi connectivity index (χ1) is 20.6. The Balaban J connectivity index is 2.65. The molecule has 0 saturated heterocycles. The second-order valence-electron chi connectivity index (χ2n) is 10.4. The first-order valence-electron chi connectivity index (χ1n) is 14.3. The molecule has 0 saturated carbocycles. The highest BCUT2D eigenvalue weighted by Crippen LogP contribution is 2.18. The summed E-state index contributed by atoms with van der Waals surface area (Å²) in [5.74, 6) is -2.17. The van der Waals surface area contributed by atoms with Crippen LogP contribution < -0.4 is 16.4 Å². The smallest absolute Gasteiger partial charge is 0.312 e. The first kappa shape index (κ1) is 37.2. The molecule has 0 spiro atoms. The van der Waals surface area contributed by atoms with Gasteiger partial charge in [-0.2, -0.15) is 0 Å². The number of nitrogens with one attached hydrogen (secondary N) is 2. The molecule has 1 rings (SSSR count). The SMILES string of the molecule is CC(C)[C@H](CC(=O)COCC(=O)CCCOCCN=[N+]=[N-])C(=O)N[C@@H](CCCNC(N)=O)C(=O)Cc1ccc(CO)cc1. The van der Waals surface area contributed by atoms with Crippen molar-refractivity contribution in [2.45, 2.75) is 65.0 Å². The number of primary amides is 1. The van der Waals surface area contributed by atoms with Gasteiger partial charge < -0.3 is 30.9 Å². The first-order valence-corrected chi connectivity index (χ1v) is 14.3. The lowest BCUT2D eigenvalue weighted by Gasteiger charge is -2.24. The molecule has 1 aromatic rings. The molecule has 0 aliphatic heterocycles. The maximum atomic E-state index is 13.3. The summed E-state index contributed by atoms with van der Waals surface area (Å²) in [6.45, 7) is 3.97. The van der Waals surface area contributed by atoms with E-state index in [0.717, 1.165) is 5.56 Å². The number of hydrogen-bond acceptors (Lipinski definition) is 9. The number of carbonyl (C=O) groups is 5. The zero-order chi connectivity index (χ0) is 32.0. The number of nitrogens with zero attached hydrogens (tertiary/aromatic N) is 3. The van der Waals surface area contributed by atoms with Gasteiger partial charge in [0, 0.05) is 49.8 Å². The highest BCUT2D eigenvalue weighted by molar-refractivity contribution is 5.93. The molecule has 5 N–H and O–H groups in total. The number of carbonyl (C=O) groups excluding carboxylic acids is 5. The second kappa shape index (κ2) is 21.8. The molecule has 43 heavy (non-hydrogen) atoms. The molecule has 0 radical (unpaired) electrons. The van der Waals surface area contributed by atoms with Gasteiger partial charge in [-0.15, -0.1) is 0 Å². The molecule has 14 nitrogen and oxygen atoms in total. The van der Waals surface area contributed by atoms with Crippen LogP contribution in [0.15, 0.2) is 29.4 Å². The lowest BCUT2D eigenvalue weighted by atomic mass is 9.89. The fourth-order valence-corrected chi connectivity index (χ4v) is 4.11. The van der Waals surface area contributed by atoms with Crippen LogP contribution in [-0.2, 0) is 41.7 Å². The van der Waals surface area contributed by atoms with Gasteiger partial charge in [0.15, 0.2) is 17.3 Å². The minimum absolute atomic E-state index is 0.0505. The van der Waals surface area contributed by atoms with Gasteiger partial charge in [-0.3, -0.25) is 19.2 Å². The van der Waals surface area contributed by atoms with Crippen LogP contribution in [0.1, 0.15) is 57.1 Å². The average Bonchev–Trinajstić information content (AvgIpc) is 2.96. The molecule has 238 valence electrons. The van der Waals surface area contributed by atoms with Gasteiger partial charge in [-0.25, -0.2) is 4.79 Å². The lowest BCUT2D eigenvalue weighted by molar-refractivity contribution is -0.135. The molecule has 0 fully saturated rings. The summed E-state index contributed by atoms with van der Waals surface area (Å²) in [6.07, 6.45) is 1.25. The van der Waals surface area contributed by atoms with E-state index >= 15 is 0 Å². The van der Waals surface area contributed by atoms with Crippen molar-refractivity contribution in [3.05, 3.63) is 45.8 Å². The van der Waals surface area contributed by atoms with Gasteiger partial charge >= 0.3 is 6.03 Å². The maximum Gasteiger partial charge on any atom is 0.312 e. The summed E-state index contributed by atoms with van der Waals surface area (Å²) in [4.78, 5) is 64.7. The molecule has 0 heterocycles. The zero-order valence-corrected chi connectivity index (χ0v) is 25.0. The molecule has 0 aromatic heterocycles. The largest absolute Gasteiger partial charge is 0.392 e. The van der Waals surface area contributed by atoms with Crippen molar-refractivity contribution in [3.8, 4) is 0 Å². The van der Waals surface area contributed by atoms with E-state index < -0.39 is 23.9 Å². The van der Waals surface area contributed by atoms with E-state index in [9.17, 15) is 29.1 Å². The monoisotopic (exact) mass is 604 g/mol. The summed E-state index contributed by atoms with van der Waals surface area (Å²) in [7, 11) is 0. The highest BCUT2D eigenvalue weighted by Gasteiger charge is 2.29. The van der Waals surface area contributed by atoms with Crippen LogP contribution in [0.3, 0.4) is 0 Å². The van der Waals surface area contributed by atoms with Gasteiger partial charge in [0.2, 0.25) is 5.91 Å². The molecule has 0 unspecified atom stereocenters. The van der Waals surface area contributed by atoms with Crippen LogP contribution in [0, 0.1) is 11.8 Å². The van der Waals surface area contributed by atoms with Crippen molar-refractivity contribution in [1.29, 1.82) is 0 Å². The fourth-order valence-electron chi connectivity index (χ4n) is 4.11. The molecule has 0 bridgehead atoms. The highest BCUT2D eigenvalue weighted by atomic mass is 16.5. The van der Waals surface area contributed by atoms with Crippen molar-refractivity contribution in [1.82, 2.24) is 10.6 Å². The summed E-state index contributed by atoms with van der Waals surface area (Å²) in [5.41, 5.74) is 14.7. The van der Waals surface area contributed by atoms with Crippen LogP contribution in [0.5, 0.6) is 0 Å². The molecule has 14 heteroatoms. The Morgan fingerprint density at radius 1 is 1.00 bits per heavy atom. The molecule has 3 amide bonds. The Hall–Kier alpha value is -3.84. The van der Waals surface area contributed by atoms with Crippen LogP contribution in [0.25, 0.3) is 10.4 Å². The van der Waals surface area contributed by atoms with Gasteiger partial charge in [-0.1, -0.05) is 43.2 Å². The number of urea groups is 1. The standard InChI is InChI=1S/C29H44N6O8/c1-20(2)25(16-24(38)19-43-18-23(37)5-4-13-42-14-12-33-35-31)28(40)34-26(6-3-11-32-29(30)41)27(39)15-21-7-9-22(17-36)10-8-21/h7-10,20,25-26,36H,3-6,11-19H2,1-2H3,(H,34,40)(H3,30,32,41)/t25-,26-/m0/s1. The quantitative estimate of drug-likeness (QED) is 0.0590. The van der Waals surface area contributed by atoms with Crippen molar-refractivity contribution in [2.24, 2.45) is 22.7 Å². The topological polar surface area (TPSA) is 223 Å². The number of amides is 3. The summed E-state index contributed by atoms with van der Waals surface area (Å²) in [5, 5.41) is 17.8. The van der Waals surface area contributed by atoms with Gasteiger partial charge in [0.25, 0.3) is 0 Å². The Kier molecular flexibility index (Phi) is 18.9. The number of hydrogen-bond donors (Lipinski definition) is 4. The minimum atomic E-state index is -0.854.